The Hall–Kier alpha value is -1.90. The summed E-state index contributed by atoms with van der Waals surface area (Å²) in [5.41, 5.74) is 2.44. The van der Waals surface area contributed by atoms with Crippen LogP contribution in [-0.4, -0.2) is 11.8 Å². The van der Waals surface area contributed by atoms with Crippen molar-refractivity contribution in [1.29, 1.82) is 0 Å². The van der Waals surface area contributed by atoms with Crippen LogP contribution in [0.1, 0.15) is 17.5 Å². The highest BCUT2D eigenvalue weighted by atomic mass is 16.5. The molecule has 0 unspecified atom stereocenters. The highest BCUT2D eigenvalue weighted by Crippen LogP contribution is 2.36. The molecular formula is C12H8O3. The molecular weight excluding hydrogens is 192 g/mol. The summed E-state index contributed by atoms with van der Waals surface area (Å²) >= 11 is 0. The molecule has 0 saturated heterocycles. The standard InChI is InChI=1S/C12H8O3/c13-11-10-8-4-2-1-3-7(8)5-6-9(10)15-12(11)14/h1-4H,5-6H2. The molecule has 1 aromatic rings. The average molecular weight is 200 g/mol. The molecule has 74 valence electrons. The molecule has 0 saturated carbocycles. The van der Waals surface area contributed by atoms with Crippen LogP contribution in [0.25, 0.3) is 5.57 Å². The van der Waals surface area contributed by atoms with E-state index in [0.29, 0.717) is 17.8 Å². The monoisotopic (exact) mass is 200 g/mol. The second-order valence-corrected chi connectivity index (χ2v) is 3.67. The third-order valence-electron chi connectivity index (χ3n) is 2.82. The number of Topliss-reactive ketones (excluding diaryl/α,β-unsaturated/α-hetero) is 1. The van der Waals surface area contributed by atoms with Crippen LogP contribution in [0, 0.1) is 0 Å². The van der Waals surface area contributed by atoms with E-state index in [4.69, 9.17) is 4.74 Å². The van der Waals surface area contributed by atoms with Crippen LogP contribution in [0.3, 0.4) is 0 Å². The van der Waals surface area contributed by atoms with Crippen molar-refractivity contribution in [3.63, 3.8) is 0 Å². The first kappa shape index (κ1) is 8.41. The molecule has 15 heavy (non-hydrogen) atoms. The number of carbonyl (C=O) groups excluding carboxylic acids is 2. The Balaban J connectivity index is 2.23. The molecule has 3 nitrogen and oxygen atoms in total. The van der Waals surface area contributed by atoms with Crippen LogP contribution in [-0.2, 0) is 20.7 Å². The highest BCUT2D eigenvalue weighted by Gasteiger charge is 2.37. The predicted octanol–water partition coefficient (Wildman–Crippen LogP) is 1.47. The molecule has 2 aliphatic rings. The first-order valence-corrected chi connectivity index (χ1v) is 4.85. The van der Waals surface area contributed by atoms with Gasteiger partial charge in [-0.3, -0.25) is 4.79 Å². The van der Waals surface area contributed by atoms with Gasteiger partial charge in [-0.05, 0) is 17.5 Å². The molecule has 0 fully saturated rings. The topological polar surface area (TPSA) is 43.4 Å². The molecule has 0 amide bonds. The summed E-state index contributed by atoms with van der Waals surface area (Å²) in [4.78, 5) is 22.7. The van der Waals surface area contributed by atoms with Crippen molar-refractivity contribution in [2.24, 2.45) is 0 Å². The van der Waals surface area contributed by atoms with Gasteiger partial charge in [0.2, 0.25) is 0 Å². The first-order chi connectivity index (χ1) is 7.27. The number of aryl methyl sites for hydroxylation is 1. The minimum atomic E-state index is -0.739. The van der Waals surface area contributed by atoms with E-state index in [9.17, 15) is 9.59 Å². The van der Waals surface area contributed by atoms with Crippen LogP contribution in [0.5, 0.6) is 0 Å². The number of fused-ring (bicyclic) bond motifs is 2. The lowest BCUT2D eigenvalue weighted by molar-refractivity contribution is -0.146. The van der Waals surface area contributed by atoms with Crippen molar-refractivity contribution in [3.05, 3.63) is 41.2 Å². The quantitative estimate of drug-likeness (QED) is 0.470. The number of benzene rings is 1. The molecule has 3 rings (SSSR count). The van der Waals surface area contributed by atoms with Gasteiger partial charge >= 0.3 is 5.97 Å². The van der Waals surface area contributed by atoms with Gasteiger partial charge in [-0.2, -0.15) is 0 Å². The van der Waals surface area contributed by atoms with Crippen LogP contribution < -0.4 is 0 Å². The van der Waals surface area contributed by atoms with E-state index in [1.54, 1.807) is 0 Å². The molecule has 1 aliphatic carbocycles. The molecule has 0 spiro atoms. The van der Waals surface area contributed by atoms with Gasteiger partial charge in [0, 0.05) is 6.42 Å². The lowest BCUT2D eigenvalue weighted by Crippen LogP contribution is -2.10. The van der Waals surface area contributed by atoms with Gasteiger partial charge in [-0.15, -0.1) is 0 Å². The van der Waals surface area contributed by atoms with Crippen molar-refractivity contribution in [2.45, 2.75) is 12.8 Å². The lowest BCUT2D eigenvalue weighted by atomic mass is 9.89. The summed E-state index contributed by atoms with van der Waals surface area (Å²) < 4.78 is 4.93. The molecule has 0 aromatic heterocycles. The largest absolute Gasteiger partial charge is 0.424 e. The van der Waals surface area contributed by atoms with E-state index in [1.807, 2.05) is 24.3 Å². The third kappa shape index (κ3) is 1.06. The summed E-state index contributed by atoms with van der Waals surface area (Å²) in [6.07, 6.45) is 1.47. The summed E-state index contributed by atoms with van der Waals surface area (Å²) in [7, 11) is 0. The Labute approximate surface area is 86.4 Å². The molecule has 3 heteroatoms. The molecule has 0 radical (unpaired) electrons. The minimum Gasteiger partial charge on any atom is -0.424 e. The number of rotatable bonds is 0. The number of ketones is 1. The SMILES string of the molecule is O=C1OC2=C(C1=O)c1ccccc1CC2. The minimum absolute atomic E-state index is 0.474. The number of esters is 1. The maximum atomic E-state index is 11.6. The van der Waals surface area contributed by atoms with Gasteiger partial charge in [-0.1, -0.05) is 24.3 Å². The van der Waals surface area contributed by atoms with E-state index in [2.05, 4.69) is 0 Å². The zero-order valence-electron chi connectivity index (χ0n) is 7.95. The van der Waals surface area contributed by atoms with Gasteiger partial charge in [0.25, 0.3) is 5.78 Å². The number of hydrogen-bond donors (Lipinski definition) is 0. The smallest absolute Gasteiger partial charge is 0.384 e. The normalized spacial score (nSPS) is 18.7. The number of carbonyl (C=O) groups is 2. The number of allylic oxidation sites excluding steroid dienone is 1. The predicted molar refractivity (Wildman–Crippen MR) is 52.8 cm³/mol. The highest BCUT2D eigenvalue weighted by molar-refractivity contribution is 6.54. The zero-order valence-corrected chi connectivity index (χ0v) is 7.95. The van der Waals surface area contributed by atoms with Gasteiger partial charge in [-0.25, -0.2) is 4.79 Å². The third-order valence-corrected chi connectivity index (χ3v) is 2.82. The molecule has 0 atom stereocenters. The van der Waals surface area contributed by atoms with Gasteiger partial charge < -0.3 is 4.74 Å². The fraction of sp³-hybridized carbons (Fsp3) is 0.167. The van der Waals surface area contributed by atoms with Crippen LogP contribution >= 0.6 is 0 Å². The second-order valence-electron chi connectivity index (χ2n) is 3.67. The maximum absolute atomic E-state index is 11.6. The molecule has 0 N–H and O–H groups in total. The van der Waals surface area contributed by atoms with E-state index >= 15 is 0 Å². The second kappa shape index (κ2) is 2.79. The van der Waals surface area contributed by atoms with Crippen molar-refractivity contribution < 1.29 is 14.3 Å². The Morgan fingerprint density at radius 3 is 2.73 bits per heavy atom. The zero-order chi connectivity index (χ0) is 10.4. The van der Waals surface area contributed by atoms with Crippen LogP contribution in [0.4, 0.5) is 0 Å². The summed E-state index contributed by atoms with van der Waals surface area (Å²) in [6.45, 7) is 0. The van der Waals surface area contributed by atoms with Crippen molar-refractivity contribution in [2.75, 3.05) is 0 Å². The fourth-order valence-electron chi connectivity index (χ4n) is 2.12. The van der Waals surface area contributed by atoms with Crippen LogP contribution in [0.15, 0.2) is 30.0 Å². The van der Waals surface area contributed by atoms with Gasteiger partial charge in [0.1, 0.15) is 5.76 Å². The van der Waals surface area contributed by atoms with Crippen molar-refractivity contribution in [3.8, 4) is 0 Å². The number of hydrogen-bond acceptors (Lipinski definition) is 3. The summed E-state index contributed by atoms with van der Waals surface area (Å²) in [5.74, 6) is -0.697. The summed E-state index contributed by atoms with van der Waals surface area (Å²) in [5, 5.41) is 0. The fourth-order valence-corrected chi connectivity index (χ4v) is 2.12. The Morgan fingerprint density at radius 2 is 1.87 bits per heavy atom. The molecule has 1 aliphatic heterocycles. The molecule has 1 heterocycles. The van der Waals surface area contributed by atoms with Gasteiger partial charge in [0.05, 0.1) is 5.57 Å². The van der Waals surface area contributed by atoms with E-state index in [-0.39, 0.29) is 0 Å². The molecule has 0 bridgehead atoms. The van der Waals surface area contributed by atoms with E-state index in [1.165, 1.54) is 0 Å². The van der Waals surface area contributed by atoms with Gasteiger partial charge in [0.15, 0.2) is 0 Å². The maximum Gasteiger partial charge on any atom is 0.384 e. The molecule has 1 aromatic carbocycles. The van der Waals surface area contributed by atoms with E-state index in [0.717, 1.165) is 17.5 Å². The van der Waals surface area contributed by atoms with Crippen molar-refractivity contribution >= 4 is 17.3 Å². The first-order valence-electron chi connectivity index (χ1n) is 4.85. The average Bonchev–Trinajstić information content (AvgIpc) is 2.55. The summed E-state index contributed by atoms with van der Waals surface area (Å²) in [6, 6.07) is 7.65. The van der Waals surface area contributed by atoms with Crippen molar-refractivity contribution in [1.82, 2.24) is 0 Å². The Morgan fingerprint density at radius 1 is 1.07 bits per heavy atom. The Bertz CT molecular complexity index is 511. The van der Waals surface area contributed by atoms with Crippen LogP contribution in [0.2, 0.25) is 0 Å². The number of ether oxygens (including phenoxy) is 1. The lowest BCUT2D eigenvalue weighted by Gasteiger charge is -2.14. The Kier molecular flexibility index (Phi) is 1.57. The van der Waals surface area contributed by atoms with E-state index < -0.39 is 11.8 Å².